The molecule has 0 spiro atoms. The molecule has 0 heterocycles. The lowest BCUT2D eigenvalue weighted by Crippen LogP contribution is -2.65. The lowest BCUT2D eigenvalue weighted by molar-refractivity contribution is -0.401. The van der Waals surface area contributed by atoms with Crippen LogP contribution in [-0.2, 0) is 0 Å². The van der Waals surface area contributed by atoms with Crippen LogP contribution in [0, 0.1) is 0 Å². The summed E-state index contributed by atoms with van der Waals surface area (Å²) < 4.78 is 115. The van der Waals surface area contributed by atoms with E-state index in [0.29, 0.717) is 0 Å². The van der Waals surface area contributed by atoms with E-state index in [2.05, 4.69) is 23.2 Å². The normalized spacial score (nSPS) is 16.2. The first-order valence-corrected chi connectivity index (χ1v) is 4.02. The molecule has 0 aromatic carbocycles. The molecule has 0 aliphatic heterocycles. The average Bonchev–Trinajstić information content (AvgIpc) is 1.98. The molecule has 104 valence electrons. The van der Waals surface area contributed by atoms with Crippen LogP contribution in [0.1, 0.15) is 0 Å². The Morgan fingerprint density at radius 2 is 0.765 bits per heavy atom. The van der Waals surface area contributed by atoms with Crippen LogP contribution in [0.15, 0.2) is 0 Å². The minimum atomic E-state index is -7.22. The first-order valence-electron chi connectivity index (χ1n) is 3.27. The molecule has 0 amide bonds. The maximum Gasteiger partial charge on any atom is 0.460 e. The number of hydrogen-bond acceptors (Lipinski definition) is 0. The topological polar surface area (TPSA) is 0 Å². The molecule has 0 bridgehead atoms. The summed E-state index contributed by atoms with van der Waals surface area (Å²) in [5.41, 5.74) is 0. The molecular weight excluding hydrogens is 321 g/mol. The van der Waals surface area contributed by atoms with Crippen molar-refractivity contribution >= 4 is 23.2 Å². The van der Waals surface area contributed by atoms with Crippen molar-refractivity contribution in [3.05, 3.63) is 0 Å². The summed E-state index contributed by atoms with van der Waals surface area (Å²) in [4.78, 5) is 0. The molecule has 0 radical (unpaired) electrons. The van der Waals surface area contributed by atoms with E-state index in [0.717, 1.165) is 0 Å². The van der Waals surface area contributed by atoms with E-state index in [-0.39, 0.29) is 0 Å². The minimum Gasteiger partial charge on any atom is -0.201 e. The molecule has 12 heteroatoms. The summed E-state index contributed by atoms with van der Waals surface area (Å²) in [5.74, 6) is -21.1. The first-order chi connectivity index (χ1) is 7.00. The minimum absolute atomic E-state index is 3.83. The number of alkyl halides is 12. The van der Waals surface area contributed by atoms with E-state index >= 15 is 0 Å². The molecule has 17 heavy (non-hydrogen) atoms. The first kappa shape index (κ1) is 16.9. The summed E-state index contributed by atoms with van der Waals surface area (Å²) in [7, 11) is 0. The highest BCUT2D eigenvalue weighted by atomic mass is 35.5. The van der Waals surface area contributed by atoms with Crippen LogP contribution in [-0.4, -0.2) is 28.5 Å². The van der Waals surface area contributed by atoms with E-state index < -0.39 is 28.5 Å². The molecule has 0 fully saturated rings. The molecule has 0 aliphatic rings. The number of halogens is 12. The lowest BCUT2D eigenvalue weighted by atomic mass is 10.0. The monoisotopic (exact) mass is 320 g/mol. The predicted octanol–water partition coefficient (Wildman–Crippen LogP) is 4.56. The second-order valence-corrected chi connectivity index (χ2v) is 3.95. The van der Waals surface area contributed by atoms with Crippen molar-refractivity contribution in [2.45, 2.75) is 28.5 Å². The zero-order valence-corrected chi connectivity index (χ0v) is 8.55. The van der Waals surface area contributed by atoms with Gasteiger partial charge in [-0.15, -0.1) is 0 Å². The van der Waals surface area contributed by atoms with Gasteiger partial charge in [0.1, 0.15) is 0 Å². The second kappa shape index (κ2) is 3.94. The summed E-state index contributed by atoms with van der Waals surface area (Å²) in [6, 6.07) is 0. The van der Waals surface area contributed by atoms with Crippen molar-refractivity contribution in [1.29, 1.82) is 0 Å². The van der Waals surface area contributed by atoms with Gasteiger partial charge in [-0.2, -0.15) is 39.5 Å². The lowest BCUT2D eigenvalue weighted by Gasteiger charge is -2.35. The molecule has 0 aliphatic carbocycles. The van der Waals surface area contributed by atoms with Crippen LogP contribution in [0.3, 0.4) is 0 Å². The Morgan fingerprint density at radius 1 is 0.471 bits per heavy atom. The second-order valence-electron chi connectivity index (χ2n) is 2.72. The standard InChI is InChI=1S/C5Cl2F10/c6-4(7,14)2(10,11)1(8,9)3(12,13)5(15,16)17. The highest BCUT2D eigenvalue weighted by Gasteiger charge is 2.86. The summed E-state index contributed by atoms with van der Waals surface area (Å²) in [6.07, 6.45) is -7.04. The highest BCUT2D eigenvalue weighted by molar-refractivity contribution is 6.47. The van der Waals surface area contributed by atoms with Gasteiger partial charge >= 0.3 is 28.5 Å². The highest BCUT2D eigenvalue weighted by Crippen LogP contribution is 2.58. The Labute approximate surface area is 96.5 Å². The SMILES string of the molecule is FC(F)(F)C(F)(F)C(F)(F)C(F)(F)C(F)(Cl)Cl. The summed E-state index contributed by atoms with van der Waals surface area (Å²) in [5, 5.41) is 0. The van der Waals surface area contributed by atoms with Crippen LogP contribution < -0.4 is 0 Å². The van der Waals surface area contributed by atoms with E-state index in [9.17, 15) is 43.9 Å². The Balaban J connectivity index is 5.73. The van der Waals surface area contributed by atoms with Gasteiger partial charge in [-0.05, 0) is 0 Å². The third-order valence-corrected chi connectivity index (χ3v) is 1.98. The zero-order chi connectivity index (χ0) is 14.5. The summed E-state index contributed by atoms with van der Waals surface area (Å²) in [6.45, 7) is 0. The third-order valence-electron chi connectivity index (χ3n) is 1.50. The van der Waals surface area contributed by atoms with Crippen LogP contribution in [0.2, 0.25) is 0 Å². The van der Waals surface area contributed by atoms with E-state index in [1.54, 1.807) is 0 Å². The van der Waals surface area contributed by atoms with E-state index in [1.165, 1.54) is 0 Å². The molecule has 0 rings (SSSR count). The number of hydrogen-bond donors (Lipinski definition) is 0. The van der Waals surface area contributed by atoms with Gasteiger partial charge in [0.2, 0.25) is 0 Å². The largest absolute Gasteiger partial charge is 0.460 e. The molecule has 0 saturated carbocycles. The van der Waals surface area contributed by atoms with Crippen LogP contribution in [0.25, 0.3) is 0 Å². The fourth-order valence-corrected chi connectivity index (χ4v) is 0.791. The molecule has 0 atom stereocenters. The molecule has 0 unspecified atom stereocenters. The molecule has 0 nitrogen and oxygen atoms in total. The van der Waals surface area contributed by atoms with Crippen LogP contribution in [0.5, 0.6) is 0 Å². The zero-order valence-electron chi connectivity index (χ0n) is 7.04. The van der Waals surface area contributed by atoms with Crippen molar-refractivity contribution in [2.75, 3.05) is 0 Å². The molecule has 0 aromatic rings. The maximum absolute atomic E-state index is 12.4. The van der Waals surface area contributed by atoms with Crippen molar-refractivity contribution in [3.63, 3.8) is 0 Å². The Kier molecular flexibility index (Phi) is 3.91. The van der Waals surface area contributed by atoms with Gasteiger partial charge in [0.15, 0.2) is 0 Å². The Hall–Kier alpha value is -0.120. The molecule has 0 aromatic heterocycles. The average molecular weight is 321 g/mol. The van der Waals surface area contributed by atoms with Crippen molar-refractivity contribution in [1.82, 2.24) is 0 Å². The Morgan fingerprint density at radius 3 is 0.941 bits per heavy atom. The van der Waals surface area contributed by atoms with Gasteiger partial charge in [0, 0.05) is 0 Å². The quantitative estimate of drug-likeness (QED) is 0.528. The van der Waals surface area contributed by atoms with Crippen LogP contribution in [0.4, 0.5) is 43.9 Å². The molecule has 0 saturated heterocycles. The van der Waals surface area contributed by atoms with Crippen LogP contribution >= 0.6 is 23.2 Å². The van der Waals surface area contributed by atoms with E-state index in [1.807, 2.05) is 0 Å². The van der Waals surface area contributed by atoms with Gasteiger partial charge in [0.25, 0.3) is 0 Å². The maximum atomic E-state index is 12.4. The number of rotatable bonds is 3. The van der Waals surface area contributed by atoms with Crippen molar-refractivity contribution < 1.29 is 43.9 Å². The van der Waals surface area contributed by atoms with Gasteiger partial charge in [-0.25, -0.2) is 4.39 Å². The fraction of sp³-hybridized carbons (Fsp3) is 1.00. The van der Waals surface area contributed by atoms with Gasteiger partial charge in [0.05, 0.1) is 0 Å². The Bertz CT molecular complexity index is 258. The van der Waals surface area contributed by atoms with E-state index in [4.69, 9.17) is 0 Å². The van der Waals surface area contributed by atoms with Crippen molar-refractivity contribution in [3.8, 4) is 0 Å². The predicted molar refractivity (Wildman–Crippen MR) is 36.4 cm³/mol. The van der Waals surface area contributed by atoms with Gasteiger partial charge in [-0.1, -0.05) is 23.2 Å². The summed E-state index contributed by atoms with van der Waals surface area (Å²) >= 11 is 7.67. The fourth-order valence-electron chi connectivity index (χ4n) is 0.553. The smallest absolute Gasteiger partial charge is 0.201 e. The third kappa shape index (κ3) is 2.38. The molecular formula is C5Cl2F10. The molecule has 0 N–H and O–H groups in total. The van der Waals surface area contributed by atoms with Gasteiger partial charge < -0.3 is 0 Å². The van der Waals surface area contributed by atoms with Crippen molar-refractivity contribution in [2.24, 2.45) is 0 Å². The van der Waals surface area contributed by atoms with Gasteiger partial charge in [-0.3, -0.25) is 0 Å².